The fourth-order valence-electron chi connectivity index (χ4n) is 9.72. The van der Waals surface area contributed by atoms with E-state index >= 15 is 0 Å². The summed E-state index contributed by atoms with van der Waals surface area (Å²) in [6, 6.07) is -10.2. The number of aliphatic carboxylic acids is 1. The Balaban J connectivity index is 3.05. The standard InChI is InChI=1S/C68H112N18O22S2/c1-33(2)22-44(78-52(93)27-71-50(91)26-75-66(105)55(35(5)6)86-67(106)56(36(7)8)85-59(98)38(10)76-51(92)29-72-57(96)37(9)69)60(99)73-25-49(90)70-28-53(94)79-46(24-40-14-16-41(89)17-15-40)64(103)82-43(19-21-110-13)62(101)83-45(23-34(3)4)61(100)74-30-54(95)80-47(31-87)65(104)77-39(11)58(97)81-42(18-20-109-12)63(102)84-48(32-88)68(107)108/h14-17,33-39,42-48,55-56,87-89H,18-32,69H2,1-13H3,(H,70,90)(H,71,91)(H,72,96)(H,73,99)(H,74,100)(H,75,105)(H,76,92)(H,77,104)(H,78,93)(H,79,94)(H,80,95)(H,81,97)(H,82,103)(H,83,101)(H,84,102)(H,85,98)(H,86,106)(H,107,108)/t37-,38-,39-,42-,43-,44-,45-,46-,47-,48-,55-,56-/m0/s1. The highest BCUT2D eigenvalue weighted by Crippen LogP contribution is 2.14. The Morgan fingerprint density at radius 2 is 0.691 bits per heavy atom. The number of carboxylic acid groups (broad SMARTS) is 1. The van der Waals surface area contributed by atoms with Crippen molar-refractivity contribution >= 4 is 130 Å². The van der Waals surface area contributed by atoms with Crippen LogP contribution < -0.4 is 96.1 Å². The molecule has 0 aliphatic carbocycles. The lowest BCUT2D eigenvalue weighted by Crippen LogP contribution is -2.59. The van der Waals surface area contributed by atoms with Crippen molar-refractivity contribution in [2.24, 2.45) is 29.4 Å². The first-order valence-corrected chi connectivity index (χ1v) is 38.3. The van der Waals surface area contributed by atoms with Gasteiger partial charge in [0.05, 0.1) is 58.5 Å². The number of phenols is 1. The number of nitrogens with two attached hydrogens (primary N) is 1. The summed E-state index contributed by atoms with van der Waals surface area (Å²) in [5, 5.41) is 79.5. The summed E-state index contributed by atoms with van der Waals surface area (Å²) in [7, 11) is 0. The topological polar surface area (TPSA) is 619 Å². The molecule has 1 rings (SSSR count). The maximum absolute atomic E-state index is 14.2. The molecule has 0 heterocycles. The molecule has 17 amide bonds. The minimum absolute atomic E-state index is 0.000791. The Bertz CT molecular complexity index is 3310. The second-order valence-electron chi connectivity index (χ2n) is 27.2. The van der Waals surface area contributed by atoms with Crippen molar-refractivity contribution in [2.45, 2.75) is 181 Å². The first-order chi connectivity index (χ1) is 51.6. The number of thioether (sulfide) groups is 2. The molecule has 1 aromatic rings. The minimum atomic E-state index is -1.68. The molecule has 0 saturated carbocycles. The van der Waals surface area contributed by atoms with Gasteiger partial charge in [0.2, 0.25) is 100 Å². The smallest absolute Gasteiger partial charge is 0.328 e. The number of aliphatic hydroxyl groups excluding tert-OH is 2. The minimum Gasteiger partial charge on any atom is -0.508 e. The Hall–Kier alpha value is -9.94. The molecule has 0 unspecified atom stereocenters. The van der Waals surface area contributed by atoms with Crippen molar-refractivity contribution in [2.75, 3.05) is 76.5 Å². The van der Waals surface area contributed by atoms with Crippen LogP contribution in [0.3, 0.4) is 0 Å². The van der Waals surface area contributed by atoms with E-state index in [9.17, 15) is 107 Å². The number of nitrogens with one attached hydrogen (secondary N) is 17. The largest absolute Gasteiger partial charge is 0.508 e. The quantitative estimate of drug-likeness (QED) is 0.0288. The van der Waals surface area contributed by atoms with Crippen molar-refractivity contribution in [3.8, 4) is 5.75 Å². The van der Waals surface area contributed by atoms with Crippen molar-refractivity contribution < 1.29 is 107 Å². The highest BCUT2D eigenvalue weighted by molar-refractivity contribution is 7.98. The van der Waals surface area contributed by atoms with E-state index in [-0.39, 0.29) is 55.4 Å². The van der Waals surface area contributed by atoms with Crippen molar-refractivity contribution in [1.29, 1.82) is 0 Å². The molecule has 42 heteroatoms. The van der Waals surface area contributed by atoms with Crippen LogP contribution in [0.4, 0.5) is 0 Å². The normalized spacial score (nSPS) is 14.3. The second kappa shape index (κ2) is 51.5. The molecule has 0 aliphatic rings. The number of amides is 17. The summed E-state index contributed by atoms with van der Waals surface area (Å²) < 4.78 is 0. The third-order valence-corrected chi connectivity index (χ3v) is 17.1. The number of carboxylic acids is 1. The van der Waals surface area contributed by atoms with E-state index in [4.69, 9.17) is 5.73 Å². The van der Waals surface area contributed by atoms with Gasteiger partial charge in [0, 0.05) is 6.42 Å². The summed E-state index contributed by atoms with van der Waals surface area (Å²) in [5.41, 5.74) is 5.91. The molecular weight excluding hydrogens is 1480 g/mol. The third kappa shape index (κ3) is 38.9. The van der Waals surface area contributed by atoms with Gasteiger partial charge >= 0.3 is 5.97 Å². The summed E-state index contributed by atoms with van der Waals surface area (Å²) in [4.78, 5) is 236. The number of phenolic OH excluding ortho intramolecular Hbond substituents is 1. The van der Waals surface area contributed by atoms with Crippen molar-refractivity contribution in [3.63, 3.8) is 0 Å². The molecule has 0 aromatic heterocycles. The fraction of sp³-hybridized carbons (Fsp3) is 0.647. The molecule has 12 atom stereocenters. The van der Waals surface area contributed by atoms with Gasteiger partial charge in [-0.3, -0.25) is 81.5 Å². The molecule has 0 aliphatic heterocycles. The molecule has 40 nitrogen and oxygen atoms in total. The zero-order valence-corrected chi connectivity index (χ0v) is 65.8. The van der Waals surface area contributed by atoms with Gasteiger partial charge in [0.1, 0.15) is 72.2 Å². The van der Waals surface area contributed by atoms with Gasteiger partial charge in [0.15, 0.2) is 0 Å². The SMILES string of the molecule is CSCC[C@H](NC(=O)[C@H](C)NC(=O)[C@H](CO)NC(=O)CNC(=O)[C@H](CC(C)C)NC(=O)[C@H](CCSC)NC(=O)[C@H](Cc1ccc(O)cc1)NC(=O)CNC(=O)CNC(=O)[C@H](CC(C)C)NC(=O)CNC(=O)CNC(=O)[C@@H](NC(=O)[C@@H](NC(=O)[C@H](C)NC(=O)CNC(=O)[C@H](C)N)C(C)C)C(C)C)C(=O)N[C@@H](CO)C(=O)O. The van der Waals surface area contributed by atoms with Gasteiger partial charge in [-0.15, -0.1) is 0 Å². The average molecular weight is 1600 g/mol. The number of hydrogen-bond acceptors (Lipinski definition) is 24. The summed E-state index contributed by atoms with van der Waals surface area (Å²) in [6.45, 7) is 11.4. The lowest BCUT2D eigenvalue weighted by molar-refractivity contribution is -0.143. The van der Waals surface area contributed by atoms with E-state index in [1.807, 2.05) is 0 Å². The van der Waals surface area contributed by atoms with Crippen LogP contribution >= 0.6 is 23.5 Å². The molecule has 23 N–H and O–H groups in total. The highest BCUT2D eigenvalue weighted by atomic mass is 32.2. The van der Waals surface area contributed by atoms with E-state index in [0.717, 1.165) is 0 Å². The van der Waals surface area contributed by atoms with Gasteiger partial charge in [0.25, 0.3) is 0 Å². The maximum Gasteiger partial charge on any atom is 0.328 e. The van der Waals surface area contributed by atoms with Gasteiger partial charge in [-0.2, -0.15) is 23.5 Å². The number of benzene rings is 1. The van der Waals surface area contributed by atoms with Crippen LogP contribution in [-0.4, -0.2) is 276 Å². The summed E-state index contributed by atoms with van der Waals surface area (Å²) >= 11 is 2.62. The molecular formula is C68H112N18O22S2. The average Bonchev–Trinajstić information content (AvgIpc) is 0.864. The van der Waals surface area contributed by atoms with Gasteiger partial charge in [-0.05, 0) is 112 Å². The number of aromatic hydroxyl groups is 1. The van der Waals surface area contributed by atoms with Crippen LogP contribution in [0, 0.1) is 23.7 Å². The van der Waals surface area contributed by atoms with Crippen LogP contribution in [0.25, 0.3) is 0 Å². The summed E-state index contributed by atoms with van der Waals surface area (Å²) in [6.07, 6.45) is 3.29. The van der Waals surface area contributed by atoms with E-state index < -0.39 is 243 Å². The van der Waals surface area contributed by atoms with Crippen LogP contribution in [0.5, 0.6) is 5.75 Å². The highest BCUT2D eigenvalue weighted by Gasteiger charge is 2.36. The van der Waals surface area contributed by atoms with Gasteiger partial charge < -0.3 is 117 Å². The Labute approximate surface area is 646 Å². The number of hydrogen-bond donors (Lipinski definition) is 22. The zero-order valence-electron chi connectivity index (χ0n) is 64.2. The van der Waals surface area contributed by atoms with Crippen molar-refractivity contribution in [3.05, 3.63) is 29.8 Å². The van der Waals surface area contributed by atoms with Crippen LogP contribution in [-0.2, 0) is 92.7 Å². The summed E-state index contributed by atoms with van der Waals surface area (Å²) in [5.74, 6) is -16.9. The molecule has 0 fully saturated rings. The Morgan fingerprint density at radius 1 is 0.355 bits per heavy atom. The molecule has 110 heavy (non-hydrogen) atoms. The van der Waals surface area contributed by atoms with E-state index in [0.29, 0.717) is 11.3 Å². The zero-order chi connectivity index (χ0) is 83.7. The van der Waals surface area contributed by atoms with Crippen molar-refractivity contribution in [1.82, 2.24) is 90.4 Å². The number of aliphatic hydroxyl groups is 2. The number of carbonyl (C=O) groups excluding carboxylic acids is 17. The molecule has 0 spiro atoms. The second-order valence-corrected chi connectivity index (χ2v) is 29.2. The predicted molar refractivity (Wildman–Crippen MR) is 402 cm³/mol. The van der Waals surface area contributed by atoms with Crippen LogP contribution in [0.15, 0.2) is 24.3 Å². The number of carbonyl (C=O) groups is 18. The lowest BCUT2D eigenvalue weighted by atomic mass is 9.99. The predicted octanol–water partition coefficient (Wildman–Crippen LogP) is -7.67. The van der Waals surface area contributed by atoms with Gasteiger partial charge in [-0.25, -0.2) is 4.79 Å². The van der Waals surface area contributed by atoms with Gasteiger partial charge in [-0.1, -0.05) is 67.5 Å². The molecule has 0 radical (unpaired) electrons. The van der Waals surface area contributed by atoms with E-state index in [1.54, 1.807) is 67.9 Å². The molecule has 618 valence electrons. The molecule has 1 aromatic carbocycles. The molecule has 0 bridgehead atoms. The van der Waals surface area contributed by atoms with Crippen LogP contribution in [0.1, 0.15) is 107 Å². The van der Waals surface area contributed by atoms with E-state index in [2.05, 4.69) is 90.4 Å². The fourth-order valence-corrected chi connectivity index (χ4v) is 10.7. The maximum atomic E-state index is 14.2. The van der Waals surface area contributed by atoms with Crippen LogP contribution in [0.2, 0.25) is 0 Å². The van der Waals surface area contributed by atoms with E-state index in [1.165, 1.54) is 68.6 Å². The first-order valence-electron chi connectivity index (χ1n) is 35.5. The monoisotopic (exact) mass is 1600 g/mol. The molecule has 0 saturated heterocycles. The third-order valence-electron chi connectivity index (χ3n) is 15.9. The lowest BCUT2D eigenvalue weighted by Gasteiger charge is -2.28. The Morgan fingerprint density at radius 3 is 1.13 bits per heavy atom. The first kappa shape index (κ1) is 98.1. The number of rotatable bonds is 51. The Kier molecular flexibility index (Phi) is 45.9.